The van der Waals surface area contributed by atoms with Crippen LogP contribution in [0.25, 0.3) is 11.1 Å². The fraction of sp³-hybridized carbons (Fsp3) is 0.250. The van der Waals surface area contributed by atoms with Gasteiger partial charge in [0.1, 0.15) is 5.75 Å². The third-order valence-electron chi connectivity index (χ3n) is 2.90. The van der Waals surface area contributed by atoms with E-state index in [9.17, 15) is 0 Å². The number of hydrogen-bond acceptors (Lipinski definition) is 2. The van der Waals surface area contributed by atoms with E-state index >= 15 is 0 Å². The van der Waals surface area contributed by atoms with Crippen LogP contribution >= 0.6 is 15.9 Å². The number of methoxy groups -OCH3 is 1. The molecule has 0 fully saturated rings. The molecular weight excluding hydrogens is 304 g/mol. The third kappa shape index (κ3) is 3.17. The predicted octanol–water partition coefficient (Wildman–Crippen LogP) is 4.72. The average Bonchev–Trinajstić information content (AvgIpc) is 2.37. The highest BCUT2D eigenvalue weighted by Crippen LogP contribution is 2.37. The van der Waals surface area contributed by atoms with Crippen LogP contribution in [0, 0.1) is 13.8 Å². The van der Waals surface area contributed by atoms with Gasteiger partial charge in [-0.2, -0.15) is 0 Å². The van der Waals surface area contributed by atoms with Crippen molar-refractivity contribution in [3.05, 3.63) is 52.0 Å². The Hall–Kier alpha value is -1.32. The van der Waals surface area contributed by atoms with Crippen molar-refractivity contribution in [1.29, 1.82) is 0 Å². The van der Waals surface area contributed by atoms with Gasteiger partial charge in [0, 0.05) is 17.1 Å². The Kier molecular flexibility index (Phi) is 4.61. The highest BCUT2D eigenvalue weighted by Gasteiger charge is 2.12. The fourth-order valence-electron chi connectivity index (χ4n) is 2.14. The molecule has 0 atom stereocenters. The Morgan fingerprint density at radius 3 is 2.47 bits per heavy atom. The summed E-state index contributed by atoms with van der Waals surface area (Å²) in [6, 6.07) is 12.4. The summed E-state index contributed by atoms with van der Waals surface area (Å²) in [4.78, 5) is 0. The Bertz CT molecular complexity index is 579. The van der Waals surface area contributed by atoms with Crippen molar-refractivity contribution in [2.24, 2.45) is 0 Å². The molecule has 3 heteroatoms. The monoisotopic (exact) mass is 320 g/mol. The van der Waals surface area contributed by atoms with Gasteiger partial charge in [0.2, 0.25) is 0 Å². The first-order chi connectivity index (χ1) is 9.13. The summed E-state index contributed by atoms with van der Waals surface area (Å²) < 4.78 is 11.8. The SMILES string of the molecule is COCOc1c(C)cc(C)cc1-c1ccccc1Br. The van der Waals surface area contributed by atoms with Gasteiger partial charge >= 0.3 is 0 Å². The lowest BCUT2D eigenvalue weighted by Crippen LogP contribution is -2.02. The minimum absolute atomic E-state index is 0.251. The van der Waals surface area contributed by atoms with Gasteiger partial charge < -0.3 is 9.47 Å². The summed E-state index contributed by atoms with van der Waals surface area (Å²) in [5, 5.41) is 0. The van der Waals surface area contributed by atoms with Crippen LogP contribution in [0.15, 0.2) is 40.9 Å². The largest absolute Gasteiger partial charge is 0.467 e. The maximum absolute atomic E-state index is 5.74. The van der Waals surface area contributed by atoms with Crippen molar-refractivity contribution in [2.75, 3.05) is 13.9 Å². The zero-order valence-corrected chi connectivity index (χ0v) is 13.0. The van der Waals surface area contributed by atoms with Gasteiger partial charge in [0.15, 0.2) is 6.79 Å². The molecular formula is C16H17BrO2. The lowest BCUT2D eigenvalue weighted by molar-refractivity contribution is 0.0510. The Balaban J connectivity index is 2.57. The molecule has 0 spiro atoms. The van der Waals surface area contributed by atoms with Crippen LogP contribution < -0.4 is 4.74 Å². The van der Waals surface area contributed by atoms with Gasteiger partial charge in [0.25, 0.3) is 0 Å². The second-order valence-electron chi connectivity index (χ2n) is 4.49. The van der Waals surface area contributed by atoms with E-state index in [0.717, 1.165) is 26.9 Å². The van der Waals surface area contributed by atoms with Crippen molar-refractivity contribution in [3.8, 4) is 16.9 Å². The van der Waals surface area contributed by atoms with Gasteiger partial charge in [0.05, 0.1) is 0 Å². The molecule has 0 heterocycles. The van der Waals surface area contributed by atoms with E-state index < -0.39 is 0 Å². The zero-order chi connectivity index (χ0) is 13.8. The van der Waals surface area contributed by atoms with Gasteiger partial charge in [-0.25, -0.2) is 0 Å². The van der Waals surface area contributed by atoms with Crippen molar-refractivity contribution in [2.45, 2.75) is 13.8 Å². The van der Waals surface area contributed by atoms with Crippen LogP contribution in [0.4, 0.5) is 0 Å². The maximum atomic E-state index is 5.74. The van der Waals surface area contributed by atoms with Crippen LogP contribution in [0.5, 0.6) is 5.75 Å². The number of rotatable bonds is 4. The zero-order valence-electron chi connectivity index (χ0n) is 11.4. The van der Waals surface area contributed by atoms with Gasteiger partial charge in [-0.05, 0) is 42.7 Å². The Morgan fingerprint density at radius 1 is 1.05 bits per heavy atom. The molecule has 2 rings (SSSR count). The quantitative estimate of drug-likeness (QED) is 0.759. The van der Waals surface area contributed by atoms with E-state index in [4.69, 9.17) is 9.47 Å². The molecule has 100 valence electrons. The van der Waals surface area contributed by atoms with E-state index in [0.29, 0.717) is 0 Å². The summed E-state index contributed by atoms with van der Waals surface area (Å²) in [7, 11) is 1.63. The molecule has 0 N–H and O–H groups in total. The lowest BCUT2D eigenvalue weighted by atomic mass is 9.99. The van der Waals surface area contributed by atoms with E-state index in [2.05, 4.69) is 48.0 Å². The van der Waals surface area contributed by atoms with Crippen LogP contribution in [-0.2, 0) is 4.74 Å². The fourth-order valence-corrected chi connectivity index (χ4v) is 2.64. The highest BCUT2D eigenvalue weighted by molar-refractivity contribution is 9.10. The van der Waals surface area contributed by atoms with Crippen molar-refractivity contribution in [3.63, 3.8) is 0 Å². The molecule has 2 nitrogen and oxygen atoms in total. The number of hydrogen-bond donors (Lipinski definition) is 0. The predicted molar refractivity (Wildman–Crippen MR) is 81.6 cm³/mol. The molecule has 0 radical (unpaired) electrons. The maximum Gasteiger partial charge on any atom is 0.188 e. The standard InChI is InChI=1S/C16H17BrO2/c1-11-8-12(2)16(19-10-18-3)14(9-11)13-6-4-5-7-15(13)17/h4-9H,10H2,1-3H3. The summed E-state index contributed by atoms with van der Waals surface area (Å²) >= 11 is 3.60. The number of ether oxygens (including phenoxy) is 2. The third-order valence-corrected chi connectivity index (χ3v) is 3.60. The van der Waals surface area contributed by atoms with Gasteiger partial charge in [-0.3, -0.25) is 0 Å². The van der Waals surface area contributed by atoms with Crippen LogP contribution in [0.2, 0.25) is 0 Å². The van der Waals surface area contributed by atoms with Crippen LogP contribution in [0.3, 0.4) is 0 Å². The first-order valence-corrected chi connectivity index (χ1v) is 6.90. The minimum Gasteiger partial charge on any atom is -0.467 e. The molecule has 2 aromatic carbocycles. The van der Waals surface area contributed by atoms with Gasteiger partial charge in [-0.15, -0.1) is 0 Å². The number of aryl methyl sites for hydroxylation is 2. The van der Waals surface area contributed by atoms with Crippen molar-refractivity contribution in [1.82, 2.24) is 0 Å². The molecule has 0 bridgehead atoms. The highest BCUT2D eigenvalue weighted by atomic mass is 79.9. The first-order valence-electron chi connectivity index (χ1n) is 6.11. The summed E-state index contributed by atoms with van der Waals surface area (Å²) in [5.74, 6) is 0.874. The first kappa shape index (κ1) is 14.1. The normalized spacial score (nSPS) is 10.5. The van der Waals surface area contributed by atoms with E-state index in [1.807, 2.05) is 18.2 Å². The van der Waals surface area contributed by atoms with Crippen molar-refractivity contribution < 1.29 is 9.47 Å². The van der Waals surface area contributed by atoms with Crippen molar-refractivity contribution >= 4 is 15.9 Å². The molecule has 2 aromatic rings. The summed E-state index contributed by atoms with van der Waals surface area (Å²) in [6.07, 6.45) is 0. The molecule has 0 aliphatic carbocycles. The van der Waals surface area contributed by atoms with Crippen LogP contribution in [0.1, 0.15) is 11.1 Å². The average molecular weight is 321 g/mol. The minimum atomic E-state index is 0.251. The Morgan fingerprint density at radius 2 is 1.79 bits per heavy atom. The van der Waals surface area contributed by atoms with E-state index in [1.54, 1.807) is 7.11 Å². The smallest absolute Gasteiger partial charge is 0.188 e. The van der Waals surface area contributed by atoms with E-state index in [-0.39, 0.29) is 6.79 Å². The van der Waals surface area contributed by atoms with Crippen LogP contribution in [-0.4, -0.2) is 13.9 Å². The molecule has 0 aliphatic rings. The number of benzene rings is 2. The topological polar surface area (TPSA) is 18.5 Å². The summed E-state index contributed by atoms with van der Waals surface area (Å²) in [6.45, 7) is 4.40. The Labute approximate surface area is 122 Å². The molecule has 0 aliphatic heterocycles. The second kappa shape index (κ2) is 6.22. The molecule has 0 amide bonds. The lowest BCUT2D eigenvalue weighted by Gasteiger charge is -2.16. The number of halogens is 1. The molecule has 0 saturated heterocycles. The second-order valence-corrected chi connectivity index (χ2v) is 5.34. The molecule has 19 heavy (non-hydrogen) atoms. The molecule has 0 saturated carbocycles. The molecule has 0 unspecified atom stereocenters. The van der Waals surface area contributed by atoms with Gasteiger partial charge in [-0.1, -0.05) is 40.2 Å². The summed E-state index contributed by atoms with van der Waals surface area (Å²) in [5.41, 5.74) is 4.54. The van der Waals surface area contributed by atoms with E-state index in [1.165, 1.54) is 5.56 Å². The molecule has 0 aromatic heterocycles.